The molecule has 0 aromatic heterocycles. The van der Waals surface area contributed by atoms with E-state index in [1.165, 1.54) is 11.3 Å². The Morgan fingerprint density at radius 3 is 2.97 bits per heavy atom. The Balaban J connectivity index is 1.64. The minimum atomic E-state index is 0.102. The number of hydrogen-bond acceptors (Lipinski definition) is 5. The van der Waals surface area contributed by atoms with E-state index in [1.54, 1.807) is 6.20 Å². The lowest BCUT2D eigenvalue weighted by atomic mass is 9.98. The molecular weight excluding hydrogens is 406 g/mol. The molecule has 0 saturated carbocycles. The van der Waals surface area contributed by atoms with E-state index in [0.29, 0.717) is 0 Å². The molecule has 0 radical (unpaired) electrons. The quantitative estimate of drug-likeness (QED) is 0.274. The van der Waals surface area contributed by atoms with E-state index in [0.717, 1.165) is 49.3 Å². The summed E-state index contributed by atoms with van der Waals surface area (Å²) in [6.45, 7) is 10.9. The molecule has 3 rings (SSSR count). The summed E-state index contributed by atoms with van der Waals surface area (Å²) < 4.78 is 0. The summed E-state index contributed by atoms with van der Waals surface area (Å²) in [4.78, 5) is 4.24. The molecule has 1 aliphatic carbocycles. The second-order valence-electron chi connectivity index (χ2n) is 7.84. The molecular formula is C28H35N5. The van der Waals surface area contributed by atoms with Crippen LogP contribution in [0.25, 0.3) is 0 Å². The molecule has 172 valence electrons. The van der Waals surface area contributed by atoms with Crippen molar-refractivity contribution in [1.29, 1.82) is 0 Å². The molecule has 2 heterocycles. The Kier molecular flexibility index (Phi) is 9.67. The molecule has 0 aromatic carbocycles. The Morgan fingerprint density at radius 2 is 2.15 bits per heavy atom. The van der Waals surface area contributed by atoms with E-state index in [2.05, 4.69) is 89.0 Å². The lowest BCUT2D eigenvalue weighted by Gasteiger charge is -2.26. The molecule has 1 atom stereocenters. The van der Waals surface area contributed by atoms with E-state index < -0.39 is 0 Å². The molecule has 0 fully saturated rings. The maximum Gasteiger partial charge on any atom is 0.0615 e. The van der Waals surface area contributed by atoms with Crippen molar-refractivity contribution in [2.45, 2.75) is 26.7 Å². The van der Waals surface area contributed by atoms with Crippen molar-refractivity contribution in [2.24, 2.45) is 16.0 Å². The topological polar surface area (TPSA) is 52.0 Å². The van der Waals surface area contributed by atoms with Gasteiger partial charge in [-0.15, -0.1) is 0 Å². The summed E-state index contributed by atoms with van der Waals surface area (Å²) >= 11 is 0. The minimum absolute atomic E-state index is 0.102. The van der Waals surface area contributed by atoms with E-state index in [-0.39, 0.29) is 5.92 Å². The van der Waals surface area contributed by atoms with Crippen molar-refractivity contribution < 1.29 is 0 Å². The number of hydrazone groups is 1. The predicted octanol–water partition coefficient (Wildman–Crippen LogP) is 5.32. The van der Waals surface area contributed by atoms with Crippen LogP contribution in [-0.2, 0) is 0 Å². The average Bonchev–Trinajstić information content (AvgIpc) is 2.82. The molecule has 0 aromatic rings. The number of allylic oxidation sites excluding steroid dienone is 13. The summed E-state index contributed by atoms with van der Waals surface area (Å²) in [5, 5.41) is 13.5. The number of hydrogen-bond donors (Lipinski definition) is 2. The number of nitrogens with one attached hydrogen (secondary N) is 2. The van der Waals surface area contributed by atoms with E-state index in [9.17, 15) is 0 Å². The summed E-state index contributed by atoms with van der Waals surface area (Å²) in [5.74, 6) is 0.102. The van der Waals surface area contributed by atoms with Crippen molar-refractivity contribution in [3.05, 3.63) is 108 Å². The first-order valence-corrected chi connectivity index (χ1v) is 11.7. The van der Waals surface area contributed by atoms with Crippen LogP contribution >= 0.6 is 0 Å². The molecule has 2 N–H and O–H groups in total. The van der Waals surface area contributed by atoms with E-state index in [4.69, 9.17) is 0 Å². The van der Waals surface area contributed by atoms with Crippen molar-refractivity contribution >= 4 is 12.4 Å². The van der Waals surface area contributed by atoms with Crippen LogP contribution in [0.5, 0.6) is 0 Å². The van der Waals surface area contributed by atoms with Crippen molar-refractivity contribution in [2.75, 3.05) is 19.6 Å². The van der Waals surface area contributed by atoms with Crippen LogP contribution in [0.2, 0.25) is 0 Å². The van der Waals surface area contributed by atoms with Gasteiger partial charge in [0.1, 0.15) is 0 Å². The maximum absolute atomic E-state index is 4.66. The summed E-state index contributed by atoms with van der Waals surface area (Å²) in [6, 6.07) is 0. The second-order valence-corrected chi connectivity index (χ2v) is 7.84. The van der Waals surface area contributed by atoms with Gasteiger partial charge in [0.15, 0.2) is 0 Å². The summed E-state index contributed by atoms with van der Waals surface area (Å²) in [6.07, 6.45) is 30.7. The summed E-state index contributed by atoms with van der Waals surface area (Å²) in [7, 11) is 0. The Bertz CT molecular complexity index is 995. The Morgan fingerprint density at radius 1 is 1.24 bits per heavy atom. The van der Waals surface area contributed by atoms with Gasteiger partial charge in [0, 0.05) is 56.0 Å². The molecule has 1 unspecified atom stereocenters. The minimum Gasteiger partial charge on any atom is -0.387 e. The number of nitrogens with zero attached hydrogens (tertiary/aromatic N) is 3. The monoisotopic (exact) mass is 441 g/mol. The van der Waals surface area contributed by atoms with Crippen molar-refractivity contribution in [3.8, 4) is 0 Å². The zero-order valence-corrected chi connectivity index (χ0v) is 19.7. The van der Waals surface area contributed by atoms with Crippen LogP contribution in [-0.4, -0.2) is 37.1 Å². The van der Waals surface area contributed by atoms with Crippen LogP contribution < -0.4 is 10.6 Å². The molecule has 3 aliphatic rings. The van der Waals surface area contributed by atoms with Crippen LogP contribution in [0.3, 0.4) is 0 Å². The number of aliphatic imine (C=N–C) groups is 1. The van der Waals surface area contributed by atoms with Gasteiger partial charge in [-0.25, -0.2) is 5.01 Å². The fraction of sp³-hybridized carbons (Fsp3) is 0.286. The second kappa shape index (κ2) is 13.2. The van der Waals surface area contributed by atoms with Crippen molar-refractivity contribution in [3.63, 3.8) is 0 Å². The Labute approximate surface area is 198 Å². The largest absolute Gasteiger partial charge is 0.387 e. The number of rotatable bonds is 10. The number of likely N-dealkylation sites (N-methyl/N-ethyl adjacent to an activating group) is 1. The number of fused-ring (bicyclic) bond motifs is 1. The van der Waals surface area contributed by atoms with Gasteiger partial charge in [-0.3, -0.25) is 4.99 Å². The van der Waals surface area contributed by atoms with E-state index >= 15 is 0 Å². The molecule has 0 spiro atoms. The highest BCUT2D eigenvalue weighted by Gasteiger charge is 2.17. The SMILES string of the molecule is C=CC(/C=N/C=C\C)=C\C1C=NN2C=C(C3=CC/C=C(/NCCNCC)CC=C3)C=CC2=C1. The molecule has 33 heavy (non-hydrogen) atoms. The van der Waals surface area contributed by atoms with Crippen LogP contribution in [0.15, 0.2) is 118 Å². The first-order chi connectivity index (χ1) is 16.2. The average molecular weight is 442 g/mol. The fourth-order valence-corrected chi connectivity index (χ4v) is 3.62. The third-order valence-electron chi connectivity index (χ3n) is 5.34. The van der Waals surface area contributed by atoms with Gasteiger partial charge < -0.3 is 10.6 Å². The van der Waals surface area contributed by atoms with Gasteiger partial charge in [-0.2, -0.15) is 5.10 Å². The smallest absolute Gasteiger partial charge is 0.0615 e. The zero-order valence-electron chi connectivity index (χ0n) is 19.7. The van der Waals surface area contributed by atoms with Gasteiger partial charge in [0.2, 0.25) is 0 Å². The van der Waals surface area contributed by atoms with Crippen LogP contribution in [0.4, 0.5) is 0 Å². The third kappa shape index (κ3) is 7.58. The van der Waals surface area contributed by atoms with Gasteiger partial charge in [-0.1, -0.05) is 62.1 Å². The molecule has 5 heteroatoms. The fourth-order valence-electron chi connectivity index (χ4n) is 3.62. The first-order valence-electron chi connectivity index (χ1n) is 11.7. The Hall–Kier alpha value is -3.44. The van der Waals surface area contributed by atoms with E-state index in [1.807, 2.05) is 36.5 Å². The normalized spacial score (nSPS) is 22.3. The molecule has 0 saturated heterocycles. The molecule has 5 nitrogen and oxygen atoms in total. The first kappa shape index (κ1) is 24.2. The highest BCUT2D eigenvalue weighted by Crippen LogP contribution is 2.27. The third-order valence-corrected chi connectivity index (χ3v) is 5.34. The van der Waals surface area contributed by atoms with Crippen LogP contribution in [0, 0.1) is 5.92 Å². The maximum atomic E-state index is 4.66. The summed E-state index contributed by atoms with van der Waals surface area (Å²) in [5.41, 5.74) is 5.71. The van der Waals surface area contributed by atoms with Gasteiger partial charge in [-0.05, 0) is 48.8 Å². The molecule has 0 bridgehead atoms. The van der Waals surface area contributed by atoms with Crippen LogP contribution in [0.1, 0.15) is 26.7 Å². The lowest BCUT2D eigenvalue weighted by molar-refractivity contribution is 0.494. The molecule has 0 amide bonds. The highest BCUT2D eigenvalue weighted by molar-refractivity contribution is 5.84. The van der Waals surface area contributed by atoms with Gasteiger partial charge >= 0.3 is 0 Å². The van der Waals surface area contributed by atoms with Gasteiger partial charge in [0.25, 0.3) is 0 Å². The predicted molar refractivity (Wildman–Crippen MR) is 142 cm³/mol. The standard InChI is InChI=1S/C28H35N5/c1-4-15-30-20-23(5-2)18-24-19-28-14-13-26(22-33(28)32-21-24)25-9-7-11-27(12-8-10-25)31-17-16-29-6-3/h4-5,7,9-10,12-15,18-22,24,29,31H,2,6,8,11,16-17H2,1,3H3/b9-7?,15-4-,23-18+,25-10?,27-12+,30-20+. The van der Waals surface area contributed by atoms with Gasteiger partial charge in [0.05, 0.1) is 5.70 Å². The lowest BCUT2D eigenvalue weighted by Crippen LogP contribution is -2.26. The molecule has 2 aliphatic heterocycles. The highest BCUT2D eigenvalue weighted by atomic mass is 15.4. The zero-order chi connectivity index (χ0) is 23.3. The van der Waals surface area contributed by atoms with Crippen molar-refractivity contribution in [1.82, 2.24) is 15.6 Å².